The number of aryl methyl sites for hydroxylation is 1. The number of carbonyl (C=O) groups excluding carboxylic acids is 1. The lowest BCUT2D eigenvalue weighted by Gasteiger charge is -2.30. The van der Waals surface area contributed by atoms with E-state index >= 15 is 0 Å². The SMILES string of the molecule is Cc1cc(C=O)c(C)c(CN2CCC(C)CC2)c1. The van der Waals surface area contributed by atoms with Crippen molar-refractivity contribution in [3.63, 3.8) is 0 Å². The molecule has 0 unspecified atom stereocenters. The molecule has 0 aliphatic carbocycles. The number of aldehydes is 1. The van der Waals surface area contributed by atoms with Crippen molar-refractivity contribution >= 4 is 6.29 Å². The van der Waals surface area contributed by atoms with Gasteiger partial charge < -0.3 is 0 Å². The quantitative estimate of drug-likeness (QED) is 0.761. The Kier molecular flexibility index (Phi) is 4.18. The highest BCUT2D eigenvalue weighted by molar-refractivity contribution is 5.78. The zero-order valence-electron chi connectivity index (χ0n) is 11.7. The van der Waals surface area contributed by atoms with Gasteiger partial charge in [0.25, 0.3) is 0 Å². The summed E-state index contributed by atoms with van der Waals surface area (Å²) in [6, 6.07) is 4.20. The Hall–Kier alpha value is -1.15. The van der Waals surface area contributed by atoms with Gasteiger partial charge in [0.15, 0.2) is 0 Å². The van der Waals surface area contributed by atoms with Gasteiger partial charge in [-0.05, 0) is 62.9 Å². The van der Waals surface area contributed by atoms with E-state index in [4.69, 9.17) is 0 Å². The highest BCUT2D eigenvalue weighted by Gasteiger charge is 2.17. The van der Waals surface area contributed by atoms with Crippen LogP contribution in [0.5, 0.6) is 0 Å². The summed E-state index contributed by atoms with van der Waals surface area (Å²) in [4.78, 5) is 13.6. The third kappa shape index (κ3) is 2.99. The Labute approximate surface area is 110 Å². The second kappa shape index (κ2) is 5.66. The van der Waals surface area contributed by atoms with Gasteiger partial charge >= 0.3 is 0 Å². The van der Waals surface area contributed by atoms with Gasteiger partial charge in [-0.1, -0.05) is 18.6 Å². The highest BCUT2D eigenvalue weighted by atomic mass is 16.1. The molecule has 1 aromatic rings. The Morgan fingerprint density at radius 1 is 1.28 bits per heavy atom. The van der Waals surface area contributed by atoms with Gasteiger partial charge in [0.05, 0.1) is 0 Å². The lowest BCUT2D eigenvalue weighted by molar-refractivity contribution is 0.112. The monoisotopic (exact) mass is 245 g/mol. The molecule has 0 amide bonds. The highest BCUT2D eigenvalue weighted by Crippen LogP contribution is 2.21. The minimum absolute atomic E-state index is 0.843. The minimum atomic E-state index is 0.843. The smallest absolute Gasteiger partial charge is 0.150 e. The number of rotatable bonds is 3. The number of likely N-dealkylation sites (tertiary alicyclic amines) is 1. The first-order valence-electron chi connectivity index (χ1n) is 6.88. The molecule has 2 nitrogen and oxygen atoms in total. The lowest BCUT2D eigenvalue weighted by Crippen LogP contribution is -2.32. The molecule has 0 radical (unpaired) electrons. The predicted molar refractivity (Wildman–Crippen MR) is 75.0 cm³/mol. The number of benzene rings is 1. The van der Waals surface area contributed by atoms with E-state index in [1.165, 1.54) is 37.1 Å². The van der Waals surface area contributed by atoms with E-state index in [0.717, 1.165) is 29.9 Å². The fourth-order valence-corrected chi connectivity index (χ4v) is 2.71. The second-order valence-corrected chi connectivity index (χ2v) is 5.71. The number of hydrogen-bond donors (Lipinski definition) is 0. The van der Waals surface area contributed by atoms with Crippen molar-refractivity contribution in [2.75, 3.05) is 13.1 Å². The standard InChI is InChI=1S/C16H23NO/c1-12-4-6-17(7-5-12)10-15-8-13(2)9-16(11-18)14(15)3/h8-9,11-12H,4-7,10H2,1-3H3. The van der Waals surface area contributed by atoms with Crippen LogP contribution in [0.2, 0.25) is 0 Å². The molecule has 1 aliphatic heterocycles. The molecule has 0 aromatic heterocycles. The molecule has 0 spiro atoms. The lowest BCUT2D eigenvalue weighted by atomic mass is 9.96. The first kappa shape index (κ1) is 13.3. The normalized spacial score (nSPS) is 17.9. The zero-order chi connectivity index (χ0) is 13.1. The summed E-state index contributed by atoms with van der Waals surface area (Å²) in [5.74, 6) is 0.866. The van der Waals surface area contributed by atoms with E-state index in [0.29, 0.717) is 0 Å². The van der Waals surface area contributed by atoms with Crippen molar-refractivity contribution in [1.29, 1.82) is 0 Å². The Morgan fingerprint density at radius 2 is 1.94 bits per heavy atom. The Bertz CT molecular complexity index is 431. The maximum absolute atomic E-state index is 11.1. The molecule has 0 bridgehead atoms. The first-order chi connectivity index (χ1) is 8.60. The topological polar surface area (TPSA) is 20.3 Å². The van der Waals surface area contributed by atoms with Gasteiger partial charge in [-0.25, -0.2) is 0 Å². The number of carbonyl (C=O) groups is 1. The number of nitrogens with zero attached hydrogens (tertiary/aromatic N) is 1. The van der Waals surface area contributed by atoms with Crippen LogP contribution in [0.25, 0.3) is 0 Å². The summed E-state index contributed by atoms with van der Waals surface area (Å²) in [6.45, 7) is 9.82. The summed E-state index contributed by atoms with van der Waals surface area (Å²) in [5.41, 5.74) is 4.49. The predicted octanol–water partition coefficient (Wildman–Crippen LogP) is 3.35. The molecule has 2 heteroatoms. The van der Waals surface area contributed by atoms with Crippen LogP contribution in [-0.2, 0) is 6.54 Å². The van der Waals surface area contributed by atoms with Crippen LogP contribution in [0.4, 0.5) is 0 Å². The molecule has 0 saturated carbocycles. The first-order valence-corrected chi connectivity index (χ1v) is 6.88. The van der Waals surface area contributed by atoms with Crippen molar-refractivity contribution < 1.29 is 4.79 Å². The average molecular weight is 245 g/mol. The average Bonchev–Trinajstić information content (AvgIpc) is 2.36. The van der Waals surface area contributed by atoms with Crippen LogP contribution in [-0.4, -0.2) is 24.3 Å². The van der Waals surface area contributed by atoms with E-state index in [9.17, 15) is 4.79 Å². The van der Waals surface area contributed by atoms with Crippen LogP contribution in [0.15, 0.2) is 12.1 Å². The van der Waals surface area contributed by atoms with Crippen molar-refractivity contribution in [3.8, 4) is 0 Å². The van der Waals surface area contributed by atoms with Crippen LogP contribution in [0.1, 0.15) is 46.8 Å². The number of piperidine rings is 1. The summed E-state index contributed by atoms with van der Waals surface area (Å²) < 4.78 is 0. The van der Waals surface area contributed by atoms with Crippen molar-refractivity contribution in [3.05, 3.63) is 34.4 Å². The third-order valence-corrected chi connectivity index (χ3v) is 4.10. The third-order valence-electron chi connectivity index (χ3n) is 4.10. The van der Waals surface area contributed by atoms with E-state index in [1.54, 1.807) is 0 Å². The Balaban J connectivity index is 2.13. The van der Waals surface area contributed by atoms with E-state index in [2.05, 4.69) is 31.7 Å². The number of hydrogen-bond acceptors (Lipinski definition) is 2. The fraction of sp³-hybridized carbons (Fsp3) is 0.562. The largest absolute Gasteiger partial charge is 0.299 e. The zero-order valence-corrected chi connectivity index (χ0v) is 11.7. The van der Waals surface area contributed by atoms with Gasteiger partial charge in [-0.2, -0.15) is 0 Å². The van der Waals surface area contributed by atoms with Crippen LogP contribution in [0, 0.1) is 19.8 Å². The molecule has 1 aromatic carbocycles. The van der Waals surface area contributed by atoms with Crippen molar-refractivity contribution in [2.45, 2.75) is 40.2 Å². The molecular formula is C16H23NO. The van der Waals surface area contributed by atoms with E-state index < -0.39 is 0 Å². The van der Waals surface area contributed by atoms with Gasteiger partial charge in [0.1, 0.15) is 6.29 Å². The summed E-state index contributed by atoms with van der Waals surface area (Å²) in [7, 11) is 0. The minimum Gasteiger partial charge on any atom is -0.299 e. The molecule has 0 N–H and O–H groups in total. The summed E-state index contributed by atoms with van der Waals surface area (Å²) in [5, 5.41) is 0. The van der Waals surface area contributed by atoms with Gasteiger partial charge in [0, 0.05) is 12.1 Å². The molecule has 1 heterocycles. The molecule has 2 rings (SSSR count). The molecule has 0 atom stereocenters. The Morgan fingerprint density at radius 3 is 2.56 bits per heavy atom. The van der Waals surface area contributed by atoms with Crippen LogP contribution < -0.4 is 0 Å². The summed E-state index contributed by atoms with van der Waals surface area (Å²) in [6.07, 6.45) is 3.57. The molecule has 98 valence electrons. The molecule has 1 saturated heterocycles. The van der Waals surface area contributed by atoms with Crippen LogP contribution in [0.3, 0.4) is 0 Å². The molecule has 1 fully saturated rings. The van der Waals surface area contributed by atoms with E-state index in [1.807, 2.05) is 6.07 Å². The van der Waals surface area contributed by atoms with Gasteiger partial charge in [-0.15, -0.1) is 0 Å². The maximum atomic E-state index is 11.1. The maximum Gasteiger partial charge on any atom is 0.150 e. The molecular weight excluding hydrogens is 222 g/mol. The van der Waals surface area contributed by atoms with Crippen molar-refractivity contribution in [2.24, 2.45) is 5.92 Å². The fourth-order valence-electron chi connectivity index (χ4n) is 2.71. The van der Waals surface area contributed by atoms with E-state index in [-0.39, 0.29) is 0 Å². The van der Waals surface area contributed by atoms with Gasteiger partial charge in [-0.3, -0.25) is 9.69 Å². The molecule has 18 heavy (non-hydrogen) atoms. The van der Waals surface area contributed by atoms with Crippen molar-refractivity contribution in [1.82, 2.24) is 4.90 Å². The second-order valence-electron chi connectivity index (χ2n) is 5.71. The summed E-state index contributed by atoms with van der Waals surface area (Å²) >= 11 is 0. The molecule has 1 aliphatic rings. The van der Waals surface area contributed by atoms with Gasteiger partial charge in [0.2, 0.25) is 0 Å². The van der Waals surface area contributed by atoms with Crippen LogP contribution >= 0.6 is 0 Å².